The number of carbonyl (C=O) groups is 3. The van der Waals surface area contributed by atoms with E-state index in [9.17, 15) is 14.4 Å². The first-order valence-electron chi connectivity index (χ1n) is 7.55. The van der Waals surface area contributed by atoms with Crippen molar-refractivity contribution in [2.24, 2.45) is 11.7 Å². The van der Waals surface area contributed by atoms with Crippen molar-refractivity contribution in [2.75, 3.05) is 19.0 Å². The van der Waals surface area contributed by atoms with Crippen molar-refractivity contribution in [1.29, 1.82) is 0 Å². The molecule has 0 aliphatic carbocycles. The lowest BCUT2D eigenvalue weighted by molar-refractivity contribution is -0.142. The molecule has 0 aromatic carbocycles. The van der Waals surface area contributed by atoms with Crippen LogP contribution in [0, 0.1) is 5.92 Å². The van der Waals surface area contributed by atoms with Crippen molar-refractivity contribution in [3.8, 4) is 0 Å². The van der Waals surface area contributed by atoms with Gasteiger partial charge in [-0.2, -0.15) is 0 Å². The molecular weight excluding hydrogens is 308 g/mol. The second kappa shape index (κ2) is 8.33. The lowest BCUT2D eigenvalue weighted by Gasteiger charge is -2.43. The van der Waals surface area contributed by atoms with Crippen LogP contribution in [0.15, 0.2) is 0 Å². The summed E-state index contributed by atoms with van der Waals surface area (Å²) < 4.78 is 0. The number of hydrogen-bond donors (Lipinski definition) is 2. The smallest absolute Gasteiger partial charge is 0.325 e. The Kier molecular flexibility index (Phi) is 7.09. The fourth-order valence-corrected chi connectivity index (χ4v) is 2.61. The van der Waals surface area contributed by atoms with Gasteiger partial charge in [0.1, 0.15) is 18.1 Å². The van der Waals surface area contributed by atoms with Gasteiger partial charge in [0.2, 0.25) is 5.91 Å². The number of hydrogen-bond acceptors (Lipinski definition) is 4. The molecule has 2 unspecified atom stereocenters. The molecule has 126 valence electrons. The summed E-state index contributed by atoms with van der Waals surface area (Å²) in [4.78, 5) is 39.0. The molecule has 7 nitrogen and oxygen atoms in total. The Labute approximate surface area is 136 Å². The molecule has 0 saturated carbocycles. The average Bonchev–Trinajstić information content (AvgIpc) is 2.45. The number of imide groups is 1. The van der Waals surface area contributed by atoms with Crippen LogP contribution in [0.2, 0.25) is 0 Å². The molecule has 8 heteroatoms. The van der Waals surface area contributed by atoms with Gasteiger partial charge in [-0.1, -0.05) is 27.2 Å². The second-order valence-electron chi connectivity index (χ2n) is 5.85. The summed E-state index contributed by atoms with van der Waals surface area (Å²) >= 11 is 5.65. The van der Waals surface area contributed by atoms with Crippen LogP contribution in [0.25, 0.3) is 0 Å². The molecule has 3 N–H and O–H groups in total. The molecule has 0 aromatic rings. The summed E-state index contributed by atoms with van der Waals surface area (Å²) in [5, 5.41) is 2.28. The highest BCUT2D eigenvalue weighted by Crippen LogP contribution is 2.16. The summed E-state index contributed by atoms with van der Waals surface area (Å²) in [6, 6.07) is -1.43. The zero-order valence-electron chi connectivity index (χ0n) is 13.3. The number of rotatable bonds is 7. The maximum absolute atomic E-state index is 12.2. The average molecular weight is 333 g/mol. The third-order valence-corrected chi connectivity index (χ3v) is 3.76. The minimum absolute atomic E-state index is 0.193. The third-order valence-electron chi connectivity index (χ3n) is 3.53. The van der Waals surface area contributed by atoms with Crippen molar-refractivity contribution >= 4 is 29.4 Å². The molecule has 0 spiro atoms. The van der Waals surface area contributed by atoms with Gasteiger partial charge in [0.15, 0.2) is 0 Å². The van der Waals surface area contributed by atoms with Gasteiger partial charge in [-0.05, 0) is 12.3 Å². The van der Waals surface area contributed by atoms with E-state index in [1.165, 1.54) is 9.80 Å². The Balaban J connectivity index is 3.02. The van der Waals surface area contributed by atoms with E-state index in [1.54, 1.807) is 0 Å². The van der Waals surface area contributed by atoms with Crippen LogP contribution in [0.3, 0.4) is 0 Å². The number of urea groups is 1. The zero-order chi connectivity index (χ0) is 16.9. The van der Waals surface area contributed by atoms with E-state index in [1.807, 2.05) is 20.8 Å². The van der Waals surface area contributed by atoms with Gasteiger partial charge in [0.25, 0.3) is 5.91 Å². The summed E-state index contributed by atoms with van der Waals surface area (Å²) in [6.07, 6.45) is 0.731. The van der Waals surface area contributed by atoms with Crippen molar-refractivity contribution in [3.63, 3.8) is 0 Å². The lowest BCUT2D eigenvalue weighted by Crippen LogP contribution is -2.71. The topological polar surface area (TPSA) is 95.7 Å². The van der Waals surface area contributed by atoms with Gasteiger partial charge in [0, 0.05) is 13.1 Å². The van der Waals surface area contributed by atoms with Crippen LogP contribution in [-0.2, 0) is 9.59 Å². The Morgan fingerprint density at radius 3 is 2.59 bits per heavy atom. The Morgan fingerprint density at radius 1 is 1.45 bits per heavy atom. The monoisotopic (exact) mass is 332 g/mol. The fourth-order valence-electron chi connectivity index (χ4n) is 2.46. The highest BCUT2D eigenvalue weighted by Gasteiger charge is 2.43. The van der Waals surface area contributed by atoms with Crippen LogP contribution in [0.1, 0.15) is 33.6 Å². The number of halogens is 1. The van der Waals surface area contributed by atoms with Crippen molar-refractivity contribution < 1.29 is 14.4 Å². The van der Waals surface area contributed by atoms with E-state index in [0.29, 0.717) is 13.1 Å². The molecule has 0 bridgehead atoms. The lowest BCUT2D eigenvalue weighted by atomic mass is 10.1. The molecule has 22 heavy (non-hydrogen) atoms. The molecule has 1 rings (SSSR count). The summed E-state index contributed by atoms with van der Waals surface area (Å²) in [5.41, 5.74) is 6.12. The van der Waals surface area contributed by atoms with Gasteiger partial charge >= 0.3 is 6.03 Å². The Hall–Kier alpha value is -1.34. The normalized spacial score (nSPS) is 22.0. The maximum atomic E-state index is 12.2. The predicted molar refractivity (Wildman–Crippen MR) is 84.2 cm³/mol. The Bertz CT molecular complexity index is 430. The molecule has 1 fully saturated rings. The van der Waals surface area contributed by atoms with Crippen molar-refractivity contribution in [1.82, 2.24) is 15.1 Å². The van der Waals surface area contributed by atoms with E-state index >= 15 is 0 Å². The van der Waals surface area contributed by atoms with Gasteiger partial charge in [-0.3, -0.25) is 14.9 Å². The largest absolute Gasteiger partial charge is 0.326 e. The van der Waals surface area contributed by atoms with E-state index in [4.69, 9.17) is 17.3 Å². The number of nitrogens with zero attached hydrogens (tertiary/aromatic N) is 2. The highest BCUT2D eigenvalue weighted by atomic mass is 35.5. The number of carbonyl (C=O) groups excluding carboxylic acids is 3. The second-order valence-corrected chi connectivity index (χ2v) is 6.12. The number of unbranched alkanes of at least 4 members (excludes halogenated alkanes) is 1. The van der Waals surface area contributed by atoms with Crippen molar-refractivity contribution in [2.45, 2.75) is 45.8 Å². The van der Waals surface area contributed by atoms with E-state index in [-0.39, 0.29) is 17.7 Å². The molecule has 1 aliphatic heterocycles. The summed E-state index contributed by atoms with van der Waals surface area (Å²) in [6.45, 7) is 6.68. The van der Waals surface area contributed by atoms with Gasteiger partial charge in [0.05, 0.1) is 0 Å². The van der Waals surface area contributed by atoms with Gasteiger partial charge in [-0.25, -0.2) is 4.79 Å². The zero-order valence-corrected chi connectivity index (χ0v) is 14.1. The highest BCUT2D eigenvalue weighted by molar-refractivity contribution is 6.27. The van der Waals surface area contributed by atoms with Crippen molar-refractivity contribution in [3.05, 3.63) is 0 Å². The number of nitrogens with two attached hydrogens (primary N) is 1. The van der Waals surface area contributed by atoms with Gasteiger partial charge in [-0.15, -0.1) is 11.6 Å². The number of nitrogens with one attached hydrogen (secondary N) is 1. The van der Waals surface area contributed by atoms with E-state index in [2.05, 4.69) is 5.32 Å². The van der Waals surface area contributed by atoms with Crippen LogP contribution < -0.4 is 11.1 Å². The summed E-state index contributed by atoms with van der Waals surface area (Å²) in [5.74, 6) is -0.937. The predicted octanol–water partition coefficient (Wildman–Crippen LogP) is 0.715. The molecule has 1 saturated heterocycles. The first kappa shape index (κ1) is 18.7. The molecule has 2 atom stereocenters. The third kappa shape index (κ3) is 4.33. The van der Waals surface area contributed by atoms with Crippen LogP contribution in [-0.4, -0.2) is 58.8 Å². The SMILES string of the molecule is CCCCN(C(=O)CCl)C1C(=O)NC(=O)N(CC(C)C)C1N. The standard InChI is InChI=1S/C14H25ClN4O3/c1-4-5-6-18(10(20)7-15)11-12(16)19(8-9(2)3)14(22)17-13(11)21/h9,11-12H,4-8,16H2,1-3H3,(H,17,21,22). The molecule has 0 aromatic heterocycles. The molecular formula is C14H25ClN4O3. The van der Waals surface area contributed by atoms with E-state index < -0.39 is 24.1 Å². The first-order valence-corrected chi connectivity index (χ1v) is 8.09. The molecule has 0 radical (unpaired) electrons. The number of amides is 4. The van der Waals surface area contributed by atoms with E-state index in [0.717, 1.165) is 12.8 Å². The van der Waals surface area contributed by atoms with Crippen LogP contribution in [0.4, 0.5) is 4.79 Å². The first-order chi connectivity index (χ1) is 10.3. The van der Waals surface area contributed by atoms with Crippen LogP contribution >= 0.6 is 11.6 Å². The minimum atomic E-state index is -0.908. The molecule has 4 amide bonds. The van der Waals surface area contributed by atoms with Crippen LogP contribution in [0.5, 0.6) is 0 Å². The molecule has 1 aliphatic rings. The fraction of sp³-hybridized carbons (Fsp3) is 0.786. The molecule has 1 heterocycles. The maximum Gasteiger partial charge on any atom is 0.325 e. The minimum Gasteiger partial charge on any atom is -0.326 e. The number of alkyl halides is 1. The summed E-state index contributed by atoms with van der Waals surface area (Å²) in [7, 11) is 0. The quantitative estimate of drug-likeness (QED) is 0.671. The Morgan fingerprint density at radius 2 is 2.09 bits per heavy atom. The van der Waals surface area contributed by atoms with Gasteiger partial charge < -0.3 is 15.5 Å².